The van der Waals surface area contributed by atoms with E-state index in [-0.39, 0.29) is 24.8 Å². The second-order valence-electron chi connectivity index (χ2n) is 8.88. The topological polar surface area (TPSA) is 75.1 Å². The zero-order valence-electron chi connectivity index (χ0n) is 20.2. The van der Waals surface area contributed by atoms with Gasteiger partial charge in [-0.05, 0) is 54.2 Å². The fourth-order valence-electron chi connectivity index (χ4n) is 3.89. The lowest BCUT2D eigenvalue weighted by Gasteiger charge is -2.23. The maximum atomic E-state index is 14.3. The molecule has 4 rings (SSSR count). The summed E-state index contributed by atoms with van der Waals surface area (Å²) in [5, 5.41) is 11.2. The van der Waals surface area contributed by atoms with Crippen molar-refractivity contribution in [3.63, 3.8) is 0 Å². The van der Waals surface area contributed by atoms with Crippen molar-refractivity contribution in [2.45, 2.75) is 26.0 Å². The Morgan fingerprint density at radius 1 is 1.17 bits per heavy atom. The highest BCUT2D eigenvalue weighted by atomic mass is 19.1. The molecule has 1 fully saturated rings. The number of anilines is 1. The Kier molecular flexibility index (Phi) is 7.63. The summed E-state index contributed by atoms with van der Waals surface area (Å²) in [7, 11) is 5.25. The van der Waals surface area contributed by atoms with Crippen LogP contribution in [-0.4, -0.2) is 48.9 Å². The number of aliphatic hydroxyl groups is 1. The minimum Gasteiger partial charge on any atom is -0.494 e. The van der Waals surface area contributed by atoms with Crippen LogP contribution in [0.3, 0.4) is 0 Å². The molecule has 0 saturated heterocycles. The SMILES string of the molecule is COc1ccc(CN(OCC2CC2)C(=O)c2cncc(-c3c(CO)cccc3N(C)C)c2)cc1F. The van der Waals surface area contributed by atoms with Gasteiger partial charge in [0.2, 0.25) is 0 Å². The zero-order chi connectivity index (χ0) is 24.9. The van der Waals surface area contributed by atoms with Crippen molar-refractivity contribution in [2.75, 3.05) is 32.7 Å². The second-order valence-corrected chi connectivity index (χ2v) is 8.88. The maximum absolute atomic E-state index is 14.3. The first-order valence-electron chi connectivity index (χ1n) is 11.5. The molecule has 0 aliphatic heterocycles. The number of nitrogens with zero attached hydrogens (tertiary/aromatic N) is 3. The van der Waals surface area contributed by atoms with Crippen LogP contribution in [0.5, 0.6) is 5.75 Å². The fraction of sp³-hybridized carbons (Fsp3) is 0.333. The van der Waals surface area contributed by atoms with Gasteiger partial charge in [-0.2, -0.15) is 0 Å². The predicted octanol–water partition coefficient (Wildman–Crippen LogP) is 4.44. The number of rotatable bonds is 10. The van der Waals surface area contributed by atoms with E-state index in [1.165, 1.54) is 30.5 Å². The maximum Gasteiger partial charge on any atom is 0.279 e. The summed E-state index contributed by atoms with van der Waals surface area (Å²) >= 11 is 0. The number of amides is 1. The third-order valence-corrected chi connectivity index (χ3v) is 5.99. The summed E-state index contributed by atoms with van der Waals surface area (Å²) in [6.07, 6.45) is 5.31. The molecule has 2 aromatic carbocycles. The van der Waals surface area contributed by atoms with Crippen LogP contribution in [-0.2, 0) is 18.0 Å². The zero-order valence-corrected chi connectivity index (χ0v) is 20.2. The van der Waals surface area contributed by atoms with Crippen molar-refractivity contribution < 1.29 is 23.9 Å². The Hall–Kier alpha value is -3.49. The standard InChI is InChI=1S/C27H30FN3O4/c1-30(2)24-6-4-5-20(16-32)26(24)21-12-22(14-29-13-21)27(33)31(35-17-18-7-8-18)15-19-9-10-25(34-3)23(28)11-19/h4-6,9-14,18,32H,7-8,15-17H2,1-3H3. The van der Waals surface area contributed by atoms with Gasteiger partial charge in [-0.25, -0.2) is 9.45 Å². The molecule has 1 N–H and O–H groups in total. The number of ether oxygens (including phenoxy) is 1. The van der Waals surface area contributed by atoms with Crippen molar-refractivity contribution in [3.8, 4) is 16.9 Å². The molecule has 1 saturated carbocycles. The molecule has 1 aromatic heterocycles. The van der Waals surface area contributed by atoms with Crippen LogP contribution in [0.15, 0.2) is 54.9 Å². The number of hydrogen-bond donors (Lipinski definition) is 1. The largest absolute Gasteiger partial charge is 0.494 e. The first kappa shape index (κ1) is 24.6. The minimum absolute atomic E-state index is 0.0763. The van der Waals surface area contributed by atoms with Crippen LogP contribution >= 0.6 is 0 Å². The highest BCUT2D eigenvalue weighted by Crippen LogP contribution is 2.34. The van der Waals surface area contributed by atoms with Gasteiger partial charge in [0.25, 0.3) is 5.91 Å². The molecule has 0 bridgehead atoms. The summed E-state index contributed by atoms with van der Waals surface area (Å²) in [6.45, 7) is 0.358. The summed E-state index contributed by atoms with van der Waals surface area (Å²) in [5.74, 6) is -0.299. The number of carbonyl (C=O) groups is 1. The lowest BCUT2D eigenvalue weighted by molar-refractivity contribution is -0.133. The molecule has 0 unspecified atom stereocenters. The van der Waals surface area contributed by atoms with Gasteiger partial charge in [-0.15, -0.1) is 0 Å². The average molecular weight is 480 g/mol. The highest BCUT2D eigenvalue weighted by molar-refractivity contribution is 5.95. The van der Waals surface area contributed by atoms with Gasteiger partial charge in [0.1, 0.15) is 0 Å². The van der Waals surface area contributed by atoms with Gasteiger partial charge in [0, 0.05) is 43.3 Å². The molecule has 7 nitrogen and oxygen atoms in total. The van der Waals surface area contributed by atoms with Gasteiger partial charge in [-0.3, -0.25) is 14.6 Å². The van der Waals surface area contributed by atoms with Crippen LogP contribution in [0.4, 0.5) is 10.1 Å². The normalized spacial score (nSPS) is 12.9. The molecule has 0 radical (unpaired) electrons. The van der Waals surface area contributed by atoms with E-state index in [4.69, 9.17) is 9.57 Å². The monoisotopic (exact) mass is 479 g/mol. The lowest BCUT2D eigenvalue weighted by atomic mass is 9.97. The number of hydrogen-bond acceptors (Lipinski definition) is 6. The van der Waals surface area contributed by atoms with E-state index in [2.05, 4.69) is 4.98 Å². The molecule has 1 aliphatic carbocycles. The van der Waals surface area contributed by atoms with Crippen molar-refractivity contribution in [1.29, 1.82) is 0 Å². The number of aliphatic hydroxyl groups excluding tert-OH is 1. The van der Waals surface area contributed by atoms with Crippen LogP contribution in [0.25, 0.3) is 11.1 Å². The summed E-state index contributed by atoms with van der Waals surface area (Å²) < 4.78 is 19.3. The molecule has 184 valence electrons. The Bertz CT molecular complexity index is 1200. The van der Waals surface area contributed by atoms with Gasteiger partial charge in [0.05, 0.1) is 32.4 Å². The molecule has 8 heteroatoms. The lowest BCUT2D eigenvalue weighted by Crippen LogP contribution is -2.31. The third-order valence-electron chi connectivity index (χ3n) is 5.99. The fourth-order valence-corrected chi connectivity index (χ4v) is 3.89. The smallest absolute Gasteiger partial charge is 0.279 e. The molecule has 0 spiro atoms. The third kappa shape index (κ3) is 5.78. The van der Waals surface area contributed by atoms with Crippen LogP contribution in [0.1, 0.15) is 34.3 Å². The van der Waals surface area contributed by atoms with E-state index in [0.29, 0.717) is 29.2 Å². The quantitative estimate of drug-likeness (QED) is 0.434. The van der Waals surface area contributed by atoms with E-state index in [0.717, 1.165) is 29.7 Å². The Labute approximate surface area is 204 Å². The number of pyridine rings is 1. The molecule has 1 amide bonds. The van der Waals surface area contributed by atoms with Gasteiger partial charge < -0.3 is 14.7 Å². The van der Waals surface area contributed by atoms with Gasteiger partial charge >= 0.3 is 0 Å². The predicted molar refractivity (Wildman–Crippen MR) is 131 cm³/mol. The van der Waals surface area contributed by atoms with Crippen LogP contribution in [0.2, 0.25) is 0 Å². The first-order valence-corrected chi connectivity index (χ1v) is 11.5. The van der Waals surface area contributed by atoms with E-state index in [1.54, 1.807) is 18.3 Å². The summed E-state index contributed by atoms with van der Waals surface area (Å²) in [6, 6.07) is 12.0. The van der Waals surface area contributed by atoms with Crippen molar-refractivity contribution >= 4 is 11.6 Å². The first-order chi connectivity index (χ1) is 16.9. The number of aromatic nitrogens is 1. The molecule has 3 aromatic rings. The number of carbonyl (C=O) groups excluding carboxylic acids is 1. The number of halogens is 1. The van der Waals surface area contributed by atoms with Gasteiger partial charge in [-0.1, -0.05) is 18.2 Å². The molecule has 1 heterocycles. The van der Waals surface area contributed by atoms with E-state index in [1.807, 2.05) is 37.2 Å². The minimum atomic E-state index is -0.500. The number of hydroxylamine groups is 2. The number of methoxy groups -OCH3 is 1. The van der Waals surface area contributed by atoms with Crippen molar-refractivity contribution in [3.05, 3.63) is 77.4 Å². The second kappa shape index (κ2) is 10.8. The molecular formula is C27H30FN3O4. The van der Waals surface area contributed by atoms with E-state index >= 15 is 0 Å². The van der Waals surface area contributed by atoms with Crippen molar-refractivity contribution in [1.82, 2.24) is 10.0 Å². The van der Waals surface area contributed by atoms with Crippen molar-refractivity contribution in [2.24, 2.45) is 5.92 Å². The summed E-state index contributed by atoms with van der Waals surface area (Å²) in [5.41, 5.74) is 4.07. The summed E-state index contributed by atoms with van der Waals surface area (Å²) in [4.78, 5) is 25.7. The average Bonchev–Trinajstić information content (AvgIpc) is 3.70. The molecular weight excluding hydrogens is 449 g/mol. The number of benzene rings is 2. The van der Waals surface area contributed by atoms with Gasteiger partial charge in [0.15, 0.2) is 11.6 Å². The Balaban J connectivity index is 1.65. The van der Waals surface area contributed by atoms with Crippen LogP contribution in [0, 0.1) is 11.7 Å². The van der Waals surface area contributed by atoms with E-state index < -0.39 is 5.82 Å². The molecule has 0 atom stereocenters. The molecule has 35 heavy (non-hydrogen) atoms. The van der Waals surface area contributed by atoms with Crippen LogP contribution < -0.4 is 9.64 Å². The highest BCUT2D eigenvalue weighted by Gasteiger charge is 2.26. The van der Waals surface area contributed by atoms with E-state index in [9.17, 15) is 14.3 Å². The Morgan fingerprint density at radius 3 is 2.63 bits per heavy atom. The molecule has 1 aliphatic rings. The Morgan fingerprint density at radius 2 is 1.97 bits per heavy atom.